The van der Waals surface area contributed by atoms with E-state index in [4.69, 9.17) is 23.9 Å². The van der Waals surface area contributed by atoms with Gasteiger partial charge in [-0.25, -0.2) is 10.2 Å². The highest BCUT2D eigenvalue weighted by atomic mass is 16.5. The lowest BCUT2D eigenvalue weighted by atomic mass is 9.84. The second kappa shape index (κ2) is 21.5. The summed E-state index contributed by atoms with van der Waals surface area (Å²) in [4.78, 5) is 82.6. The topological polar surface area (TPSA) is 180 Å². The third-order valence-corrected chi connectivity index (χ3v) is 15.8. The van der Waals surface area contributed by atoms with E-state index in [2.05, 4.69) is 71.8 Å². The summed E-state index contributed by atoms with van der Waals surface area (Å²) in [5.74, 6) is -1.84. The number of hydrazine groups is 1. The lowest BCUT2D eigenvalue weighted by molar-refractivity contribution is -0.156. The van der Waals surface area contributed by atoms with Gasteiger partial charge < -0.3 is 48.4 Å². The SMILES string of the molecule is C=CC(=O)N1[C@H](C)OC2(CCN(C(=O)N(C)[C@H](C(=O)N[C@H]3C[C@H]4CN(CCO4)c4ccc5c(c4)c(c(-c4cccnc4[C@H](C)OC)n5CC)CC(C)(C)COC(=O)[C@@H]4CCCN(N4)C3=O)C(C)C)CC2)[C@H]1C. The number of ether oxygens (including phenoxy) is 4. The maximum absolute atomic E-state index is 14.8. The second-order valence-electron chi connectivity index (χ2n) is 21.6. The van der Waals surface area contributed by atoms with Gasteiger partial charge >= 0.3 is 12.0 Å². The molecule has 18 heteroatoms. The van der Waals surface area contributed by atoms with E-state index in [1.165, 1.54) is 16.0 Å². The second-order valence-corrected chi connectivity index (χ2v) is 21.6. The van der Waals surface area contributed by atoms with Crippen molar-refractivity contribution >= 4 is 46.3 Å². The number of esters is 1. The molecule has 18 nitrogen and oxygen atoms in total. The highest BCUT2D eigenvalue weighted by Gasteiger charge is 2.53. The molecular weight excluding hydrogens is 919 g/mol. The van der Waals surface area contributed by atoms with Crippen molar-refractivity contribution in [1.29, 1.82) is 0 Å². The van der Waals surface area contributed by atoms with Crippen LogP contribution in [0.4, 0.5) is 10.5 Å². The highest BCUT2D eigenvalue weighted by Crippen LogP contribution is 2.43. The molecule has 5 aliphatic heterocycles. The Bertz CT molecular complexity index is 2520. The minimum atomic E-state index is -1.07. The number of piperidine rings is 1. The lowest BCUT2D eigenvalue weighted by Gasteiger charge is -2.43. The number of carbonyl (C=O) groups is 5. The number of fused-ring (bicyclic) bond motifs is 6. The van der Waals surface area contributed by atoms with Gasteiger partial charge in [-0.3, -0.25) is 29.2 Å². The molecule has 8 rings (SSSR count). The van der Waals surface area contributed by atoms with E-state index in [1.807, 2.05) is 40.7 Å². The van der Waals surface area contributed by atoms with Crippen molar-refractivity contribution in [2.75, 3.05) is 65.0 Å². The number of morpholine rings is 1. The van der Waals surface area contributed by atoms with Gasteiger partial charge in [-0.15, -0.1) is 0 Å². The van der Waals surface area contributed by atoms with Crippen LogP contribution in [0.15, 0.2) is 49.2 Å². The molecule has 3 aromatic rings. The molecule has 0 unspecified atom stereocenters. The fraction of sp³-hybridized carbons (Fsp3) is 0.630. The average molecular weight is 996 g/mol. The number of cyclic esters (lactones) is 1. The Morgan fingerprint density at radius 2 is 1.83 bits per heavy atom. The zero-order valence-corrected chi connectivity index (χ0v) is 44.1. The summed E-state index contributed by atoms with van der Waals surface area (Å²) in [6.07, 6.45) is 4.73. The number of aromatic nitrogens is 2. The molecule has 4 saturated heterocycles. The number of carbonyl (C=O) groups excluding carboxylic acids is 5. The molecule has 392 valence electrons. The normalized spacial score (nSPS) is 25.5. The standard InChI is InChI=1S/C54H77N9O9/c1-12-45(64)63-35(6)54(72-36(63)7)20-24-59(25-21-54)52(68)58(10)47(33(3)4)49(65)56-43-29-38-31-60(26-27-70-38)37-18-19-44-40(28-37)41(48(61(44)13-2)39-16-14-22-55-46(39)34(5)69-11)30-53(8,9)32-71-51(67)42-17-15-23-62(57-42)50(43)66/h12,14,16,18-19,22,28,33-36,38,42-43,47,57H,1,13,15,17,20-21,23-27,29-32H2,2-11H3,(H,56,65)/t34-,35+,36-,38-,42-,43-,47-/m0/s1. The molecule has 0 aliphatic carbocycles. The summed E-state index contributed by atoms with van der Waals surface area (Å²) in [5, 5.41) is 5.63. The molecule has 7 heterocycles. The molecule has 1 aromatic carbocycles. The molecular formula is C54H77N9O9. The molecule has 72 heavy (non-hydrogen) atoms. The van der Waals surface area contributed by atoms with Gasteiger partial charge in [0.25, 0.3) is 5.91 Å². The van der Waals surface area contributed by atoms with Gasteiger partial charge in [-0.2, -0.15) is 0 Å². The number of likely N-dealkylation sites (N-methyl/N-ethyl adjacent to an activating group) is 1. The van der Waals surface area contributed by atoms with Crippen LogP contribution in [0.2, 0.25) is 0 Å². The van der Waals surface area contributed by atoms with E-state index in [0.717, 1.165) is 39.1 Å². The number of methoxy groups -OCH3 is 1. The van der Waals surface area contributed by atoms with Crippen LogP contribution in [0.3, 0.4) is 0 Å². The van der Waals surface area contributed by atoms with Gasteiger partial charge in [0.05, 0.1) is 48.5 Å². The summed E-state index contributed by atoms with van der Waals surface area (Å²) in [6.45, 7) is 23.0. The maximum atomic E-state index is 14.8. The predicted octanol–water partition coefficient (Wildman–Crippen LogP) is 5.82. The number of likely N-dealkylation sites (tertiary alicyclic amines) is 1. The van der Waals surface area contributed by atoms with E-state index in [1.54, 1.807) is 30.2 Å². The van der Waals surface area contributed by atoms with Gasteiger partial charge in [0.1, 0.15) is 24.4 Å². The van der Waals surface area contributed by atoms with E-state index >= 15 is 0 Å². The lowest BCUT2D eigenvalue weighted by Crippen LogP contribution is -2.63. The molecule has 0 radical (unpaired) electrons. The molecule has 1 spiro atoms. The number of rotatable bonds is 9. The maximum Gasteiger partial charge on any atom is 0.324 e. The number of urea groups is 1. The van der Waals surface area contributed by atoms with Crippen molar-refractivity contribution in [2.45, 2.75) is 149 Å². The summed E-state index contributed by atoms with van der Waals surface area (Å²) >= 11 is 0. The van der Waals surface area contributed by atoms with E-state index < -0.39 is 59.3 Å². The number of anilines is 1. The Morgan fingerprint density at radius 1 is 1.08 bits per heavy atom. The van der Waals surface area contributed by atoms with Crippen molar-refractivity contribution in [3.63, 3.8) is 0 Å². The van der Waals surface area contributed by atoms with Crippen LogP contribution in [0.5, 0.6) is 0 Å². The number of hydrogen-bond acceptors (Lipinski definition) is 12. The van der Waals surface area contributed by atoms with Crippen molar-refractivity contribution in [3.05, 3.63) is 60.4 Å². The van der Waals surface area contributed by atoms with Crippen molar-refractivity contribution in [3.8, 4) is 11.3 Å². The van der Waals surface area contributed by atoms with E-state index in [-0.39, 0.29) is 43.0 Å². The Balaban J connectivity index is 1.08. The van der Waals surface area contributed by atoms with Crippen LogP contribution in [0.25, 0.3) is 22.2 Å². The van der Waals surface area contributed by atoms with Crippen LogP contribution in [-0.2, 0) is 51.1 Å². The Labute approximate surface area is 424 Å². The summed E-state index contributed by atoms with van der Waals surface area (Å²) in [5.41, 5.74) is 8.15. The first-order valence-electron chi connectivity index (χ1n) is 26.0. The largest absolute Gasteiger partial charge is 0.464 e. The number of amides is 5. The molecule has 7 atom stereocenters. The van der Waals surface area contributed by atoms with Gasteiger partial charge in [0.2, 0.25) is 11.8 Å². The number of pyridine rings is 1. The quantitative estimate of drug-likeness (QED) is 0.194. The fourth-order valence-corrected chi connectivity index (χ4v) is 11.9. The third kappa shape index (κ3) is 10.3. The summed E-state index contributed by atoms with van der Waals surface area (Å²) in [6, 6.07) is 7.33. The Morgan fingerprint density at radius 3 is 2.53 bits per heavy atom. The van der Waals surface area contributed by atoms with E-state index in [0.29, 0.717) is 78.0 Å². The minimum Gasteiger partial charge on any atom is -0.464 e. The van der Waals surface area contributed by atoms with Gasteiger partial charge in [0.15, 0.2) is 0 Å². The molecule has 5 amide bonds. The highest BCUT2D eigenvalue weighted by molar-refractivity contribution is 5.95. The number of aryl methyl sites for hydroxylation is 1. The molecule has 2 N–H and O–H groups in total. The zero-order chi connectivity index (χ0) is 51.8. The van der Waals surface area contributed by atoms with Crippen LogP contribution in [0, 0.1) is 11.3 Å². The van der Waals surface area contributed by atoms with Gasteiger partial charge in [-0.05, 0) is 108 Å². The number of nitrogens with one attached hydrogen (secondary N) is 2. The fourth-order valence-electron chi connectivity index (χ4n) is 11.9. The van der Waals surface area contributed by atoms with Crippen LogP contribution in [0.1, 0.15) is 105 Å². The van der Waals surface area contributed by atoms with Crippen LogP contribution < -0.4 is 15.6 Å². The van der Waals surface area contributed by atoms with Gasteiger partial charge in [0, 0.05) is 93.6 Å². The van der Waals surface area contributed by atoms with Gasteiger partial charge in [-0.1, -0.05) is 34.3 Å². The molecule has 6 bridgehead atoms. The number of hydrogen-bond donors (Lipinski definition) is 2. The van der Waals surface area contributed by atoms with Crippen molar-refractivity contribution in [1.82, 2.24) is 40.0 Å². The first-order chi connectivity index (χ1) is 34.3. The number of benzene rings is 1. The predicted molar refractivity (Wildman–Crippen MR) is 273 cm³/mol. The third-order valence-electron chi connectivity index (χ3n) is 15.8. The smallest absolute Gasteiger partial charge is 0.324 e. The first kappa shape index (κ1) is 52.8. The van der Waals surface area contributed by atoms with Crippen LogP contribution >= 0.6 is 0 Å². The summed E-state index contributed by atoms with van der Waals surface area (Å²) in [7, 11) is 3.32. The first-order valence-corrected chi connectivity index (χ1v) is 26.0. The van der Waals surface area contributed by atoms with Crippen molar-refractivity contribution in [2.24, 2.45) is 11.3 Å². The zero-order valence-electron chi connectivity index (χ0n) is 44.1. The van der Waals surface area contributed by atoms with Crippen LogP contribution in [-0.4, -0.2) is 161 Å². The molecule has 5 aliphatic rings. The minimum absolute atomic E-state index is 0.136. The Hall–Kier alpha value is -5.56. The molecule has 4 fully saturated rings. The average Bonchev–Trinajstić information content (AvgIpc) is 3.81. The number of nitrogens with zero attached hydrogens (tertiary/aromatic N) is 7. The molecule has 2 aromatic heterocycles. The van der Waals surface area contributed by atoms with E-state index in [9.17, 15) is 24.0 Å². The Kier molecular flexibility index (Phi) is 15.7. The summed E-state index contributed by atoms with van der Waals surface area (Å²) < 4.78 is 27.2. The molecule has 0 saturated carbocycles. The van der Waals surface area contributed by atoms with Crippen molar-refractivity contribution < 1.29 is 42.9 Å². The monoisotopic (exact) mass is 996 g/mol.